The molecule has 0 aliphatic carbocycles. The molecule has 7 heteroatoms. The number of carbonyl (C=O) groups excluding carboxylic acids is 1. The van der Waals surface area contributed by atoms with Crippen LogP contribution in [-0.4, -0.2) is 48.9 Å². The van der Waals surface area contributed by atoms with E-state index in [0.29, 0.717) is 35.7 Å². The molecule has 1 aliphatic heterocycles. The Hall–Kier alpha value is -2.83. The molecule has 4 heterocycles. The van der Waals surface area contributed by atoms with Crippen molar-refractivity contribution in [2.45, 2.75) is 5.92 Å². The highest BCUT2D eigenvalue weighted by Crippen LogP contribution is 2.27. The van der Waals surface area contributed by atoms with Crippen molar-refractivity contribution >= 4 is 17.1 Å². The minimum atomic E-state index is -0.0137. The summed E-state index contributed by atoms with van der Waals surface area (Å²) >= 11 is 0. The Labute approximate surface area is 126 Å². The summed E-state index contributed by atoms with van der Waals surface area (Å²) in [4.78, 5) is 22.7. The maximum atomic E-state index is 12.5. The second kappa shape index (κ2) is 4.87. The Morgan fingerprint density at radius 3 is 2.95 bits per heavy atom. The van der Waals surface area contributed by atoms with Crippen LogP contribution >= 0.6 is 0 Å². The van der Waals surface area contributed by atoms with Crippen LogP contribution in [0.5, 0.6) is 0 Å². The van der Waals surface area contributed by atoms with Crippen molar-refractivity contribution in [2.75, 3.05) is 13.1 Å². The first kappa shape index (κ1) is 12.9. The van der Waals surface area contributed by atoms with E-state index in [2.05, 4.69) is 20.3 Å². The minimum Gasteiger partial charge on any atom is -0.337 e. The number of rotatable bonds is 2. The monoisotopic (exact) mass is 294 g/mol. The molecular weight excluding hydrogens is 280 g/mol. The number of hydrogen-bond donors (Lipinski definition) is 0. The van der Waals surface area contributed by atoms with Crippen LogP contribution in [0.15, 0.2) is 36.8 Å². The van der Waals surface area contributed by atoms with Gasteiger partial charge in [0.15, 0.2) is 5.65 Å². The lowest BCUT2D eigenvalue weighted by molar-refractivity contribution is 0.0602. The summed E-state index contributed by atoms with van der Waals surface area (Å²) in [6.07, 6.45) is 5.21. The SMILES string of the molecule is Cn1nnc2cc(C(=O)N3CC(c4cccnc4)C3)cnc21. The van der Waals surface area contributed by atoms with Gasteiger partial charge in [-0.05, 0) is 17.7 Å². The third kappa shape index (κ3) is 2.02. The smallest absolute Gasteiger partial charge is 0.255 e. The standard InChI is InChI=1S/C15H14N6O/c1-20-14-13(18-19-20)5-11(7-17-14)15(22)21-8-12(9-21)10-3-2-4-16-6-10/h2-7,12H,8-9H2,1H3. The molecule has 0 radical (unpaired) electrons. The summed E-state index contributed by atoms with van der Waals surface area (Å²) in [7, 11) is 1.78. The molecule has 1 aliphatic rings. The highest BCUT2D eigenvalue weighted by atomic mass is 16.2. The highest BCUT2D eigenvalue weighted by molar-refractivity contribution is 5.96. The fourth-order valence-electron chi connectivity index (χ4n) is 2.70. The second-order valence-electron chi connectivity index (χ2n) is 5.47. The average Bonchev–Trinajstić information content (AvgIpc) is 2.88. The molecule has 0 aromatic carbocycles. The normalized spacial score (nSPS) is 15.0. The third-order valence-electron chi connectivity index (χ3n) is 4.01. The topological polar surface area (TPSA) is 76.8 Å². The Kier molecular flexibility index (Phi) is 2.85. The Morgan fingerprint density at radius 1 is 1.32 bits per heavy atom. The fourth-order valence-corrected chi connectivity index (χ4v) is 2.70. The van der Waals surface area contributed by atoms with Gasteiger partial charge in [0.2, 0.25) is 0 Å². The molecule has 0 saturated carbocycles. The predicted octanol–water partition coefficient (Wildman–Crippen LogP) is 0.998. The van der Waals surface area contributed by atoms with Gasteiger partial charge in [-0.15, -0.1) is 5.10 Å². The van der Waals surface area contributed by atoms with E-state index in [1.54, 1.807) is 30.2 Å². The molecule has 1 saturated heterocycles. The number of pyridine rings is 2. The zero-order valence-corrected chi connectivity index (χ0v) is 12.0. The van der Waals surface area contributed by atoms with E-state index >= 15 is 0 Å². The zero-order chi connectivity index (χ0) is 15.1. The molecule has 0 atom stereocenters. The molecule has 3 aromatic heterocycles. The summed E-state index contributed by atoms with van der Waals surface area (Å²) in [5.74, 6) is 0.353. The molecule has 0 unspecified atom stereocenters. The van der Waals surface area contributed by atoms with Crippen molar-refractivity contribution in [2.24, 2.45) is 7.05 Å². The van der Waals surface area contributed by atoms with Gasteiger partial charge in [-0.3, -0.25) is 9.78 Å². The van der Waals surface area contributed by atoms with Gasteiger partial charge in [-0.1, -0.05) is 11.3 Å². The van der Waals surface area contributed by atoms with Gasteiger partial charge in [0.05, 0.1) is 5.56 Å². The van der Waals surface area contributed by atoms with Crippen LogP contribution in [0.1, 0.15) is 21.8 Å². The number of aryl methyl sites for hydroxylation is 1. The van der Waals surface area contributed by atoms with Crippen molar-refractivity contribution in [3.63, 3.8) is 0 Å². The van der Waals surface area contributed by atoms with E-state index in [9.17, 15) is 4.79 Å². The molecule has 7 nitrogen and oxygen atoms in total. The molecule has 0 bridgehead atoms. The number of likely N-dealkylation sites (tertiary alicyclic amines) is 1. The maximum Gasteiger partial charge on any atom is 0.255 e. The van der Waals surface area contributed by atoms with Crippen molar-refractivity contribution in [1.82, 2.24) is 29.9 Å². The maximum absolute atomic E-state index is 12.5. The first-order valence-corrected chi connectivity index (χ1v) is 7.07. The summed E-state index contributed by atoms with van der Waals surface area (Å²) in [6.45, 7) is 1.42. The molecular formula is C15H14N6O. The van der Waals surface area contributed by atoms with Gasteiger partial charge in [-0.2, -0.15) is 0 Å². The molecule has 4 rings (SSSR count). The van der Waals surface area contributed by atoms with Crippen molar-refractivity contribution in [1.29, 1.82) is 0 Å². The number of hydrogen-bond acceptors (Lipinski definition) is 5. The highest BCUT2D eigenvalue weighted by Gasteiger charge is 2.32. The van der Waals surface area contributed by atoms with E-state index in [0.717, 1.165) is 0 Å². The van der Waals surface area contributed by atoms with Crippen molar-refractivity contribution < 1.29 is 4.79 Å². The number of fused-ring (bicyclic) bond motifs is 1. The van der Waals surface area contributed by atoms with E-state index in [4.69, 9.17) is 0 Å². The predicted molar refractivity (Wildman–Crippen MR) is 79.2 cm³/mol. The lowest BCUT2D eigenvalue weighted by Crippen LogP contribution is -2.48. The molecule has 22 heavy (non-hydrogen) atoms. The molecule has 0 spiro atoms. The van der Waals surface area contributed by atoms with E-state index in [1.165, 1.54) is 5.56 Å². The van der Waals surface area contributed by atoms with Gasteiger partial charge >= 0.3 is 0 Å². The third-order valence-corrected chi connectivity index (χ3v) is 4.01. The van der Waals surface area contributed by atoms with E-state index in [-0.39, 0.29) is 5.91 Å². The average molecular weight is 294 g/mol. The fraction of sp³-hybridized carbons (Fsp3) is 0.267. The minimum absolute atomic E-state index is 0.0137. The van der Waals surface area contributed by atoms with Crippen molar-refractivity contribution in [3.05, 3.63) is 47.9 Å². The van der Waals surface area contributed by atoms with Gasteiger partial charge in [0.25, 0.3) is 5.91 Å². The van der Waals surface area contributed by atoms with Gasteiger partial charge in [0, 0.05) is 44.6 Å². The van der Waals surface area contributed by atoms with Crippen LogP contribution in [-0.2, 0) is 7.05 Å². The lowest BCUT2D eigenvalue weighted by Gasteiger charge is -2.39. The Balaban J connectivity index is 1.50. The van der Waals surface area contributed by atoms with Crippen LogP contribution in [0, 0.1) is 0 Å². The number of carbonyl (C=O) groups is 1. The summed E-state index contributed by atoms with van der Waals surface area (Å²) in [6, 6.07) is 5.72. The van der Waals surface area contributed by atoms with E-state index in [1.807, 2.05) is 23.2 Å². The van der Waals surface area contributed by atoms with Crippen LogP contribution in [0.3, 0.4) is 0 Å². The Morgan fingerprint density at radius 2 is 2.18 bits per heavy atom. The van der Waals surface area contributed by atoms with Crippen LogP contribution in [0.4, 0.5) is 0 Å². The van der Waals surface area contributed by atoms with E-state index < -0.39 is 0 Å². The van der Waals surface area contributed by atoms with Crippen LogP contribution in [0.25, 0.3) is 11.2 Å². The molecule has 110 valence electrons. The quantitative estimate of drug-likeness (QED) is 0.704. The van der Waals surface area contributed by atoms with Crippen LogP contribution < -0.4 is 0 Å². The number of amides is 1. The zero-order valence-electron chi connectivity index (χ0n) is 12.0. The molecule has 0 N–H and O–H groups in total. The number of aromatic nitrogens is 5. The molecule has 1 fully saturated rings. The second-order valence-corrected chi connectivity index (χ2v) is 5.47. The van der Waals surface area contributed by atoms with Crippen molar-refractivity contribution in [3.8, 4) is 0 Å². The number of nitrogens with zero attached hydrogens (tertiary/aromatic N) is 6. The first-order chi connectivity index (χ1) is 10.7. The molecule has 1 amide bonds. The lowest BCUT2D eigenvalue weighted by atomic mass is 9.92. The summed E-state index contributed by atoms with van der Waals surface area (Å²) in [5.41, 5.74) is 3.04. The van der Waals surface area contributed by atoms with Gasteiger partial charge in [0.1, 0.15) is 5.52 Å². The first-order valence-electron chi connectivity index (χ1n) is 7.07. The van der Waals surface area contributed by atoms with Gasteiger partial charge in [-0.25, -0.2) is 9.67 Å². The van der Waals surface area contributed by atoms with Gasteiger partial charge < -0.3 is 4.90 Å². The molecule has 3 aromatic rings. The summed E-state index contributed by atoms with van der Waals surface area (Å²) < 4.78 is 1.59. The Bertz CT molecular complexity index is 838. The van der Waals surface area contributed by atoms with Crippen LogP contribution in [0.2, 0.25) is 0 Å². The summed E-state index contributed by atoms with van der Waals surface area (Å²) in [5, 5.41) is 7.90. The largest absolute Gasteiger partial charge is 0.337 e.